The number of ether oxygens (including phenoxy) is 1. The van der Waals surface area contributed by atoms with E-state index in [0.717, 1.165) is 30.7 Å². The van der Waals surface area contributed by atoms with Crippen molar-refractivity contribution in [1.82, 2.24) is 4.98 Å². The molecule has 0 spiro atoms. The van der Waals surface area contributed by atoms with Crippen molar-refractivity contribution in [2.75, 3.05) is 6.26 Å². The van der Waals surface area contributed by atoms with Gasteiger partial charge in [0.15, 0.2) is 21.4 Å². The first-order valence-electron chi connectivity index (χ1n) is 9.93. The highest BCUT2D eigenvalue weighted by atomic mass is 32.2. The van der Waals surface area contributed by atoms with Gasteiger partial charge in [-0.1, -0.05) is 24.3 Å². The van der Waals surface area contributed by atoms with E-state index in [2.05, 4.69) is 4.98 Å². The van der Waals surface area contributed by atoms with E-state index in [0.29, 0.717) is 0 Å². The molecule has 1 amide bonds. The minimum absolute atomic E-state index is 0.0389. The molecule has 11 heteroatoms. The Bertz CT molecular complexity index is 1580. The molecule has 180 valence electrons. The number of nitrogens with two attached hydrogens (primary N) is 1. The van der Waals surface area contributed by atoms with E-state index in [9.17, 15) is 30.8 Å². The van der Waals surface area contributed by atoms with E-state index in [1.54, 1.807) is 0 Å². The standard InChI is InChI=1S/C24H16F4N2O4S/c1-35(32,33)15-8-9-20(19(25)11-15)34-14-5-2-4-13(10-14)21-16-6-3-7-18(24(26,27)28)22(16)30-12-17(21)23(29)31/h2-12H,1H3,(H2,29,31). The predicted molar refractivity (Wildman–Crippen MR) is 120 cm³/mol. The number of halogens is 4. The van der Waals surface area contributed by atoms with Crippen LogP contribution < -0.4 is 10.5 Å². The molecule has 4 aromatic rings. The molecule has 0 bridgehead atoms. The van der Waals surface area contributed by atoms with Crippen LogP contribution >= 0.6 is 0 Å². The third-order valence-corrected chi connectivity index (χ3v) is 6.26. The van der Waals surface area contributed by atoms with E-state index >= 15 is 0 Å². The first-order valence-corrected chi connectivity index (χ1v) is 11.8. The van der Waals surface area contributed by atoms with Crippen molar-refractivity contribution >= 4 is 26.6 Å². The molecular weight excluding hydrogens is 488 g/mol. The highest BCUT2D eigenvalue weighted by Gasteiger charge is 2.34. The number of fused-ring (bicyclic) bond motifs is 1. The zero-order valence-electron chi connectivity index (χ0n) is 17.9. The Balaban J connectivity index is 1.85. The summed E-state index contributed by atoms with van der Waals surface area (Å²) in [6.07, 6.45) is -2.77. The number of pyridine rings is 1. The molecule has 1 aromatic heterocycles. The number of benzene rings is 3. The fourth-order valence-corrected chi connectivity index (χ4v) is 4.22. The Hall–Kier alpha value is -3.99. The third kappa shape index (κ3) is 4.80. The molecule has 4 rings (SSSR count). The minimum Gasteiger partial charge on any atom is -0.454 e. The lowest BCUT2D eigenvalue weighted by Crippen LogP contribution is -2.14. The zero-order chi connectivity index (χ0) is 25.5. The quantitative estimate of drug-likeness (QED) is 0.369. The number of nitrogens with zero attached hydrogens (tertiary/aromatic N) is 1. The summed E-state index contributed by atoms with van der Waals surface area (Å²) in [5.74, 6) is -2.02. The summed E-state index contributed by atoms with van der Waals surface area (Å²) in [5.41, 5.74) is 4.39. The number of primary amides is 1. The number of amides is 1. The van der Waals surface area contributed by atoms with Crippen LogP contribution in [0.1, 0.15) is 15.9 Å². The zero-order valence-corrected chi connectivity index (χ0v) is 18.7. The smallest absolute Gasteiger partial charge is 0.418 e. The fraction of sp³-hybridized carbons (Fsp3) is 0.0833. The second-order valence-electron chi connectivity index (χ2n) is 7.60. The van der Waals surface area contributed by atoms with Gasteiger partial charge in [-0.3, -0.25) is 9.78 Å². The van der Waals surface area contributed by atoms with E-state index in [1.807, 2.05) is 0 Å². The average Bonchev–Trinajstić information content (AvgIpc) is 2.78. The molecule has 0 atom stereocenters. The number of para-hydroxylation sites is 1. The Morgan fingerprint density at radius 1 is 1.03 bits per heavy atom. The van der Waals surface area contributed by atoms with Crippen LogP contribution in [0.4, 0.5) is 17.6 Å². The van der Waals surface area contributed by atoms with Gasteiger partial charge in [0.05, 0.1) is 21.5 Å². The second-order valence-corrected chi connectivity index (χ2v) is 9.62. The molecule has 2 N–H and O–H groups in total. The van der Waals surface area contributed by atoms with E-state index in [-0.39, 0.29) is 44.0 Å². The number of rotatable bonds is 5. The van der Waals surface area contributed by atoms with Crippen LogP contribution in [0.5, 0.6) is 11.5 Å². The maximum atomic E-state index is 14.5. The lowest BCUT2D eigenvalue weighted by molar-refractivity contribution is -0.136. The largest absolute Gasteiger partial charge is 0.454 e. The Kier molecular flexibility index (Phi) is 5.97. The van der Waals surface area contributed by atoms with Gasteiger partial charge in [0.2, 0.25) is 0 Å². The van der Waals surface area contributed by atoms with Gasteiger partial charge in [-0.15, -0.1) is 0 Å². The average molecular weight is 504 g/mol. The second kappa shape index (κ2) is 8.66. The lowest BCUT2D eigenvalue weighted by atomic mass is 9.94. The van der Waals surface area contributed by atoms with Crippen LogP contribution in [-0.4, -0.2) is 25.6 Å². The van der Waals surface area contributed by atoms with Crippen molar-refractivity contribution in [2.24, 2.45) is 5.73 Å². The van der Waals surface area contributed by atoms with Gasteiger partial charge in [-0.2, -0.15) is 13.2 Å². The maximum Gasteiger partial charge on any atom is 0.418 e. The summed E-state index contributed by atoms with van der Waals surface area (Å²) >= 11 is 0. The molecule has 0 saturated carbocycles. The van der Waals surface area contributed by atoms with Crippen LogP contribution in [0.2, 0.25) is 0 Å². The minimum atomic E-state index is -4.68. The normalized spacial score (nSPS) is 12.0. The van der Waals surface area contributed by atoms with Gasteiger partial charge < -0.3 is 10.5 Å². The molecular formula is C24H16F4N2O4S. The van der Waals surface area contributed by atoms with Crippen LogP contribution in [0, 0.1) is 5.82 Å². The fourth-order valence-electron chi connectivity index (χ4n) is 3.59. The van der Waals surface area contributed by atoms with Gasteiger partial charge in [-0.05, 0) is 42.0 Å². The van der Waals surface area contributed by atoms with Crippen molar-refractivity contribution in [2.45, 2.75) is 11.1 Å². The van der Waals surface area contributed by atoms with Gasteiger partial charge in [-0.25, -0.2) is 12.8 Å². The Morgan fingerprint density at radius 2 is 1.74 bits per heavy atom. The molecule has 0 unspecified atom stereocenters. The SMILES string of the molecule is CS(=O)(=O)c1ccc(Oc2cccc(-c3c(C(N)=O)cnc4c(C(F)(F)F)cccc34)c2)c(F)c1. The van der Waals surface area contributed by atoms with Gasteiger partial charge >= 0.3 is 6.18 Å². The molecule has 3 aromatic carbocycles. The van der Waals surface area contributed by atoms with Crippen molar-refractivity contribution in [3.8, 4) is 22.6 Å². The Labute approximate surface area is 196 Å². The molecule has 0 saturated heterocycles. The van der Waals surface area contributed by atoms with Gasteiger partial charge in [0.25, 0.3) is 5.91 Å². The molecule has 0 radical (unpaired) electrons. The van der Waals surface area contributed by atoms with E-state index in [4.69, 9.17) is 10.5 Å². The molecule has 0 aliphatic heterocycles. The molecule has 1 heterocycles. The summed E-state index contributed by atoms with van der Waals surface area (Å²) in [6.45, 7) is 0. The van der Waals surface area contributed by atoms with E-state index < -0.39 is 33.3 Å². The third-order valence-electron chi connectivity index (χ3n) is 5.15. The summed E-state index contributed by atoms with van der Waals surface area (Å²) in [6, 6.07) is 12.5. The van der Waals surface area contributed by atoms with Crippen LogP contribution in [0.15, 0.2) is 71.8 Å². The number of aromatic nitrogens is 1. The number of carbonyl (C=O) groups is 1. The number of sulfone groups is 1. The van der Waals surface area contributed by atoms with Crippen LogP contribution in [0.25, 0.3) is 22.0 Å². The van der Waals surface area contributed by atoms with Crippen LogP contribution in [0.3, 0.4) is 0 Å². The number of carbonyl (C=O) groups excluding carboxylic acids is 1. The summed E-state index contributed by atoms with van der Waals surface area (Å²) in [4.78, 5) is 15.7. The Morgan fingerprint density at radius 3 is 2.37 bits per heavy atom. The van der Waals surface area contributed by atoms with Gasteiger partial charge in [0, 0.05) is 23.4 Å². The molecule has 0 fully saturated rings. The summed E-state index contributed by atoms with van der Waals surface area (Å²) in [7, 11) is -3.63. The topological polar surface area (TPSA) is 99.4 Å². The number of alkyl halides is 3. The maximum absolute atomic E-state index is 14.5. The van der Waals surface area contributed by atoms with Crippen molar-refractivity contribution < 1.29 is 35.5 Å². The van der Waals surface area contributed by atoms with Gasteiger partial charge in [0.1, 0.15) is 5.75 Å². The van der Waals surface area contributed by atoms with Crippen molar-refractivity contribution in [3.05, 3.63) is 83.8 Å². The van der Waals surface area contributed by atoms with Crippen molar-refractivity contribution in [1.29, 1.82) is 0 Å². The number of hydrogen-bond acceptors (Lipinski definition) is 5. The molecule has 6 nitrogen and oxygen atoms in total. The predicted octanol–water partition coefficient (Wildman–Crippen LogP) is 5.35. The monoisotopic (exact) mass is 504 g/mol. The van der Waals surface area contributed by atoms with Crippen LogP contribution in [-0.2, 0) is 16.0 Å². The molecule has 0 aliphatic rings. The molecule has 35 heavy (non-hydrogen) atoms. The highest BCUT2D eigenvalue weighted by Crippen LogP contribution is 2.39. The number of hydrogen-bond donors (Lipinski definition) is 1. The summed E-state index contributed by atoms with van der Waals surface area (Å²) in [5, 5.41) is 0.0389. The lowest BCUT2D eigenvalue weighted by Gasteiger charge is -2.15. The van der Waals surface area contributed by atoms with E-state index in [1.165, 1.54) is 42.5 Å². The van der Waals surface area contributed by atoms with Crippen molar-refractivity contribution in [3.63, 3.8) is 0 Å². The highest BCUT2D eigenvalue weighted by molar-refractivity contribution is 7.90. The first kappa shape index (κ1) is 24.1. The first-order chi connectivity index (χ1) is 16.4. The molecule has 0 aliphatic carbocycles. The summed E-state index contributed by atoms with van der Waals surface area (Å²) < 4.78 is 83.8.